The zero-order chi connectivity index (χ0) is 15.2. The molecule has 0 saturated carbocycles. The van der Waals surface area contributed by atoms with Gasteiger partial charge in [-0.05, 0) is 36.1 Å². The summed E-state index contributed by atoms with van der Waals surface area (Å²) < 4.78 is 14.1. The molecule has 0 fully saturated rings. The van der Waals surface area contributed by atoms with Gasteiger partial charge in [0.1, 0.15) is 5.82 Å². The molecule has 2 rings (SSSR count). The average molecular weight is 324 g/mol. The molecule has 0 saturated heterocycles. The molecule has 2 aromatic carbocycles. The number of hydrogen-bond donors (Lipinski definition) is 1. The monoisotopic (exact) mass is 323 g/mol. The lowest BCUT2D eigenvalue weighted by Gasteiger charge is -2.14. The van der Waals surface area contributed by atoms with Crippen molar-refractivity contribution in [2.75, 3.05) is 0 Å². The summed E-state index contributed by atoms with van der Waals surface area (Å²) in [4.78, 5) is 0.682. The third kappa shape index (κ3) is 4.47. The number of halogens is 2. The van der Waals surface area contributed by atoms with E-state index in [0.29, 0.717) is 22.1 Å². The predicted octanol–water partition coefficient (Wildman–Crippen LogP) is 5.05. The highest BCUT2D eigenvalue weighted by atomic mass is 35.5. The quantitative estimate of drug-likeness (QED) is 0.753. The first-order valence-electron chi connectivity index (χ1n) is 7.01. The highest BCUT2D eigenvalue weighted by molar-refractivity contribution is 7.98. The smallest absolute Gasteiger partial charge is 0.137 e. The lowest BCUT2D eigenvalue weighted by Crippen LogP contribution is -2.21. The van der Waals surface area contributed by atoms with Crippen molar-refractivity contribution in [1.29, 1.82) is 0 Å². The molecule has 21 heavy (non-hydrogen) atoms. The van der Waals surface area contributed by atoms with Gasteiger partial charge in [-0.3, -0.25) is 0 Å². The number of nitrogens with two attached hydrogens (primary N) is 1. The van der Waals surface area contributed by atoms with Crippen LogP contribution in [0, 0.1) is 5.82 Å². The molecule has 0 aromatic heterocycles. The molecule has 112 valence electrons. The lowest BCUT2D eigenvalue weighted by molar-refractivity contribution is 0.585. The highest BCUT2D eigenvalue weighted by Crippen LogP contribution is 2.31. The molecular weight excluding hydrogens is 305 g/mol. The number of rotatable bonds is 6. The number of thioether (sulfide) groups is 1. The second kappa shape index (κ2) is 7.83. The standard InChI is InChI=1S/C17H19ClFNS/c1-2-14(20)10-12-7-5-9-16(19)17(12)21-11-13-6-3-4-8-15(13)18/h3-9,14H,2,10-11,20H2,1H3. The highest BCUT2D eigenvalue weighted by Gasteiger charge is 2.12. The van der Waals surface area contributed by atoms with Crippen molar-refractivity contribution in [3.05, 3.63) is 64.4 Å². The maximum absolute atomic E-state index is 14.1. The summed E-state index contributed by atoms with van der Waals surface area (Å²) in [6.07, 6.45) is 1.57. The van der Waals surface area contributed by atoms with Crippen molar-refractivity contribution in [1.82, 2.24) is 0 Å². The van der Waals surface area contributed by atoms with Crippen LogP contribution in [0.4, 0.5) is 4.39 Å². The van der Waals surface area contributed by atoms with E-state index in [1.807, 2.05) is 37.3 Å². The first kappa shape index (κ1) is 16.3. The summed E-state index contributed by atoms with van der Waals surface area (Å²) >= 11 is 7.63. The first-order valence-corrected chi connectivity index (χ1v) is 8.37. The molecule has 0 spiro atoms. The van der Waals surface area contributed by atoms with Crippen molar-refractivity contribution >= 4 is 23.4 Å². The van der Waals surface area contributed by atoms with Gasteiger partial charge in [-0.2, -0.15) is 0 Å². The molecule has 1 nitrogen and oxygen atoms in total. The Hall–Kier alpha value is -1.03. The van der Waals surface area contributed by atoms with Gasteiger partial charge < -0.3 is 5.73 Å². The van der Waals surface area contributed by atoms with Crippen LogP contribution in [0.5, 0.6) is 0 Å². The van der Waals surface area contributed by atoms with Gasteiger partial charge in [-0.1, -0.05) is 48.9 Å². The third-order valence-corrected chi connectivity index (χ3v) is 4.95. The molecule has 0 aliphatic rings. The van der Waals surface area contributed by atoms with Crippen molar-refractivity contribution < 1.29 is 4.39 Å². The summed E-state index contributed by atoms with van der Waals surface area (Å²) in [6.45, 7) is 2.04. The number of benzene rings is 2. The van der Waals surface area contributed by atoms with Crippen LogP contribution in [0.15, 0.2) is 47.4 Å². The van der Waals surface area contributed by atoms with Crippen LogP contribution in [0.1, 0.15) is 24.5 Å². The molecule has 0 aliphatic carbocycles. The molecule has 0 aliphatic heterocycles. The van der Waals surface area contributed by atoms with Gasteiger partial charge in [0.05, 0.1) is 0 Å². The van der Waals surface area contributed by atoms with Gasteiger partial charge in [0.15, 0.2) is 0 Å². The van der Waals surface area contributed by atoms with E-state index in [1.54, 1.807) is 6.07 Å². The minimum absolute atomic E-state index is 0.0615. The van der Waals surface area contributed by atoms with Crippen molar-refractivity contribution in [3.63, 3.8) is 0 Å². The van der Waals surface area contributed by atoms with Gasteiger partial charge in [-0.25, -0.2) is 4.39 Å². The lowest BCUT2D eigenvalue weighted by atomic mass is 10.0. The van der Waals surface area contributed by atoms with E-state index >= 15 is 0 Å². The Labute approximate surface area is 134 Å². The Balaban J connectivity index is 2.17. The van der Waals surface area contributed by atoms with E-state index in [4.69, 9.17) is 17.3 Å². The summed E-state index contributed by atoms with van der Waals surface area (Å²) in [6, 6.07) is 12.9. The summed E-state index contributed by atoms with van der Waals surface area (Å²) in [5, 5.41) is 0.716. The fourth-order valence-electron chi connectivity index (χ4n) is 2.07. The number of hydrogen-bond acceptors (Lipinski definition) is 2. The van der Waals surface area contributed by atoms with E-state index in [2.05, 4.69) is 0 Å². The van der Waals surface area contributed by atoms with Gasteiger partial charge in [-0.15, -0.1) is 11.8 Å². The minimum Gasteiger partial charge on any atom is -0.327 e. The fraction of sp³-hybridized carbons (Fsp3) is 0.294. The first-order chi connectivity index (χ1) is 10.1. The third-order valence-electron chi connectivity index (χ3n) is 3.38. The van der Waals surface area contributed by atoms with E-state index in [1.165, 1.54) is 17.8 Å². The topological polar surface area (TPSA) is 26.0 Å². The van der Waals surface area contributed by atoms with E-state index < -0.39 is 0 Å². The summed E-state index contributed by atoms with van der Waals surface area (Å²) in [7, 11) is 0. The Morgan fingerprint density at radius 2 is 1.86 bits per heavy atom. The summed E-state index contributed by atoms with van der Waals surface area (Å²) in [5.41, 5.74) is 7.99. The Kier molecular flexibility index (Phi) is 6.09. The molecule has 0 heterocycles. The van der Waals surface area contributed by atoms with Crippen LogP contribution >= 0.6 is 23.4 Å². The van der Waals surface area contributed by atoms with Gasteiger partial charge in [0, 0.05) is 21.7 Å². The molecule has 0 amide bonds. The average Bonchev–Trinajstić information content (AvgIpc) is 2.48. The molecular formula is C17H19ClFNS. The van der Waals surface area contributed by atoms with Crippen molar-refractivity contribution in [3.8, 4) is 0 Å². The normalized spacial score (nSPS) is 12.4. The van der Waals surface area contributed by atoms with Crippen LogP contribution in [-0.4, -0.2) is 6.04 Å². The zero-order valence-corrected chi connectivity index (χ0v) is 13.6. The van der Waals surface area contributed by atoms with Gasteiger partial charge in [0.2, 0.25) is 0 Å². The molecule has 0 bridgehead atoms. The van der Waals surface area contributed by atoms with Crippen LogP contribution in [0.25, 0.3) is 0 Å². The Morgan fingerprint density at radius 1 is 1.14 bits per heavy atom. The molecule has 1 atom stereocenters. The van der Waals surface area contributed by atoms with Crippen molar-refractivity contribution in [2.45, 2.75) is 36.5 Å². The largest absolute Gasteiger partial charge is 0.327 e. The molecule has 1 unspecified atom stereocenters. The molecule has 2 aromatic rings. The van der Waals surface area contributed by atoms with Crippen molar-refractivity contribution in [2.24, 2.45) is 5.73 Å². The van der Waals surface area contributed by atoms with E-state index in [9.17, 15) is 4.39 Å². The second-order valence-electron chi connectivity index (χ2n) is 4.98. The molecule has 4 heteroatoms. The Bertz CT molecular complexity index is 603. The van der Waals surface area contributed by atoms with E-state index in [0.717, 1.165) is 17.5 Å². The van der Waals surface area contributed by atoms with Gasteiger partial charge in [0.25, 0.3) is 0 Å². The van der Waals surface area contributed by atoms with Crippen LogP contribution in [0.3, 0.4) is 0 Å². The maximum Gasteiger partial charge on any atom is 0.137 e. The predicted molar refractivity (Wildman–Crippen MR) is 89.4 cm³/mol. The molecule has 0 radical (unpaired) electrons. The van der Waals surface area contributed by atoms with Gasteiger partial charge >= 0.3 is 0 Å². The zero-order valence-electron chi connectivity index (χ0n) is 12.0. The van der Waals surface area contributed by atoms with Crippen LogP contribution in [-0.2, 0) is 12.2 Å². The molecule has 2 N–H and O–H groups in total. The second-order valence-corrected chi connectivity index (χ2v) is 6.37. The fourth-order valence-corrected chi connectivity index (χ4v) is 3.44. The summed E-state index contributed by atoms with van der Waals surface area (Å²) in [5.74, 6) is 0.461. The van der Waals surface area contributed by atoms with Crippen LogP contribution < -0.4 is 5.73 Å². The van der Waals surface area contributed by atoms with Crippen LogP contribution in [0.2, 0.25) is 5.02 Å². The van der Waals surface area contributed by atoms with E-state index in [-0.39, 0.29) is 11.9 Å². The Morgan fingerprint density at radius 3 is 2.57 bits per heavy atom. The minimum atomic E-state index is -0.187. The SMILES string of the molecule is CCC(N)Cc1cccc(F)c1SCc1ccccc1Cl. The maximum atomic E-state index is 14.1.